The Balaban J connectivity index is 1.54. The molecule has 6 heteroatoms. The Bertz CT molecular complexity index is 979. The molecule has 0 atom stereocenters. The molecule has 0 spiro atoms. The number of hydrogen-bond acceptors (Lipinski definition) is 4. The second-order valence-electron chi connectivity index (χ2n) is 5.98. The summed E-state index contributed by atoms with van der Waals surface area (Å²) in [5.41, 5.74) is 3.09. The first-order valence-corrected chi connectivity index (χ1v) is 8.14. The predicted octanol–water partition coefficient (Wildman–Crippen LogP) is 2.57. The molecule has 2 aromatic heterocycles. The summed E-state index contributed by atoms with van der Waals surface area (Å²) in [6, 6.07) is 11.3. The number of anilines is 1. The summed E-state index contributed by atoms with van der Waals surface area (Å²) in [6.07, 6.45) is 5.83. The number of fused-ring (bicyclic) bond motifs is 1. The smallest absolute Gasteiger partial charge is 0.261 e. The Labute approximate surface area is 144 Å². The van der Waals surface area contributed by atoms with Crippen molar-refractivity contribution in [3.63, 3.8) is 0 Å². The maximum atomic E-state index is 12.4. The fourth-order valence-corrected chi connectivity index (χ4v) is 3.01. The topological polar surface area (TPSA) is 87.7 Å². The lowest BCUT2D eigenvalue weighted by atomic mass is 10.1. The summed E-state index contributed by atoms with van der Waals surface area (Å²) in [5.74, 6) is 0.126. The van der Waals surface area contributed by atoms with Crippen LogP contribution in [-0.4, -0.2) is 20.9 Å². The number of aromatic amines is 1. The Kier molecular flexibility index (Phi) is 3.85. The van der Waals surface area contributed by atoms with Crippen molar-refractivity contribution in [3.05, 3.63) is 76.0 Å². The van der Waals surface area contributed by atoms with Gasteiger partial charge in [0, 0.05) is 11.3 Å². The number of carbonyl (C=O) groups excluding carboxylic acids is 1. The van der Waals surface area contributed by atoms with Crippen LogP contribution in [0.1, 0.15) is 28.0 Å². The molecular weight excluding hydrogens is 316 g/mol. The van der Waals surface area contributed by atoms with Gasteiger partial charge in [0.15, 0.2) is 5.82 Å². The van der Waals surface area contributed by atoms with Gasteiger partial charge in [0.25, 0.3) is 11.5 Å². The van der Waals surface area contributed by atoms with Gasteiger partial charge in [-0.3, -0.25) is 9.59 Å². The highest BCUT2D eigenvalue weighted by Gasteiger charge is 2.18. The quantitative estimate of drug-likeness (QED) is 0.771. The molecule has 0 unspecified atom stereocenters. The van der Waals surface area contributed by atoms with Crippen molar-refractivity contribution < 1.29 is 4.79 Å². The minimum Gasteiger partial charge on any atom is -0.325 e. The van der Waals surface area contributed by atoms with Gasteiger partial charge in [0.2, 0.25) is 0 Å². The number of amides is 1. The van der Waals surface area contributed by atoms with Gasteiger partial charge in [-0.25, -0.2) is 9.97 Å². The van der Waals surface area contributed by atoms with E-state index in [-0.39, 0.29) is 11.1 Å². The van der Waals surface area contributed by atoms with Gasteiger partial charge in [-0.1, -0.05) is 30.3 Å². The maximum absolute atomic E-state index is 12.4. The molecule has 2 N–H and O–H groups in total. The number of pyridine rings is 1. The first-order valence-electron chi connectivity index (χ1n) is 8.14. The van der Waals surface area contributed by atoms with E-state index < -0.39 is 5.91 Å². The summed E-state index contributed by atoms with van der Waals surface area (Å²) in [5, 5.41) is 2.68. The number of rotatable bonds is 3. The van der Waals surface area contributed by atoms with Crippen molar-refractivity contribution in [2.24, 2.45) is 0 Å². The van der Waals surface area contributed by atoms with Crippen LogP contribution < -0.4 is 10.9 Å². The van der Waals surface area contributed by atoms with Crippen molar-refractivity contribution in [1.29, 1.82) is 0 Å². The first-order chi connectivity index (χ1) is 12.2. The lowest BCUT2D eigenvalue weighted by Crippen LogP contribution is -2.24. The van der Waals surface area contributed by atoms with Crippen LogP contribution >= 0.6 is 0 Å². The van der Waals surface area contributed by atoms with E-state index in [9.17, 15) is 9.59 Å². The largest absolute Gasteiger partial charge is 0.325 e. The molecule has 0 aliphatic heterocycles. The molecule has 1 aliphatic rings. The minimum absolute atomic E-state index is 0.118. The van der Waals surface area contributed by atoms with Crippen LogP contribution in [0.5, 0.6) is 0 Å². The minimum atomic E-state index is -0.452. The van der Waals surface area contributed by atoms with Gasteiger partial charge in [-0.2, -0.15) is 0 Å². The van der Waals surface area contributed by atoms with Crippen molar-refractivity contribution in [2.45, 2.75) is 19.3 Å². The fourth-order valence-electron chi connectivity index (χ4n) is 3.01. The average molecular weight is 332 g/mol. The van der Waals surface area contributed by atoms with E-state index in [4.69, 9.17) is 0 Å². The molecule has 1 aromatic carbocycles. The maximum Gasteiger partial charge on any atom is 0.261 e. The number of H-pyrrole nitrogens is 1. The Hall–Kier alpha value is -3.28. The van der Waals surface area contributed by atoms with E-state index in [1.807, 2.05) is 30.3 Å². The standard InChI is InChI=1S/C19H16N4O2/c24-18(15-9-13-7-4-8-16(13)23-19(15)25)22-14-10-20-17(21-11-14)12-5-2-1-3-6-12/h1-3,5-6,9-11H,4,7-8H2,(H,22,24)(H,23,25). The van der Waals surface area contributed by atoms with Gasteiger partial charge >= 0.3 is 0 Å². The van der Waals surface area contributed by atoms with Crippen LogP contribution in [0.15, 0.2) is 53.6 Å². The summed E-state index contributed by atoms with van der Waals surface area (Å²) in [7, 11) is 0. The van der Waals surface area contributed by atoms with Crippen LogP contribution in [0.3, 0.4) is 0 Å². The first kappa shape index (κ1) is 15.3. The average Bonchev–Trinajstić information content (AvgIpc) is 3.09. The molecule has 4 rings (SSSR count). The van der Waals surface area contributed by atoms with Crippen molar-refractivity contribution in [3.8, 4) is 11.4 Å². The lowest BCUT2D eigenvalue weighted by Gasteiger charge is -2.07. The number of nitrogens with one attached hydrogen (secondary N) is 2. The Morgan fingerprint density at radius 3 is 2.60 bits per heavy atom. The number of aryl methyl sites for hydroxylation is 2. The van der Waals surface area contributed by atoms with Gasteiger partial charge in [0.05, 0.1) is 18.1 Å². The zero-order chi connectivity index (χ0) is 17.2. The lowest BCUT2D eigenvalue weighted by molar-refractivity contribution is 0.102. The number of benzene rings is 1. The van der Waals surface area contributed by atoms with Gasteiger partial charge < -0.3 is 10.3 Å². The van der Waals surface area contributed by atoms with Crippen LogP contribution in [-0.2, 0) is 12.8 Å². The molecule has 25 heavy (non-hydrogen) atoms. The highest BCUT2D eigenvalue weighted by Crippen LogP contribution is 2.19. The number of carbonyl (C=O) groups is 1. The molecule has 1 aliphatic carbocycles. The molecule has 0 saturated carbocycles. The normalized spacial score (nSPS) is 12.6. The van der Waals surface area contributed by atoms with E-state index >= 15 is 0 Å². The van der Waals surface area contributed by atoms with E-state index in [1.54, 1.807) is 6.07 Å². The molecule has 6 nitrogen and oxygen atoms in total. The van der Waals surface area contributed by atoms with Crippen LogP contribution in [0.25, 0.3) is 11.4 Å². The molecule has 0 saturated heterocycles. The third kappa shape index (κ3) is 3.06. The summed E-state index contributed by atoms with van der Waals surface area (Å²) >= 11 is 0. The third-order valence-electron chi connectivity index (χ3n) is 4.27. The van der Waals surface area contributed by atoms with Gasteiger partial charge in [0.1, 0.15) is 5.56 Å². The predicted molar refractivity (Wildman–Crippen MR) is 94.5 cm³/mol. The molecule has 0 radical (unpaired) electrons. The van der Waals surface area contributed by atoms with E-state index in [0.29, 0.717) is 11.5 Å². The molecule has 124 valence electrons. The molecule has 1 amide bonds. The van der Waals surface area contributed by atoms with Crippen molar-refractivity contribution >= 4 is 11.6 Å². The molecule has 2 heterocycles. The van der Waals surface area contributed by atoms with Crippen LogP contribution in [0.2, 0.25) is 0 Å². The number of hydrogen-bond donors (Lipinski definition) is 2. The molecule has 0 bridgehead atoms. The highest BCUT2D eigenvalue weighted by molar-refractivity contribution is 6.04. The second-order valence-corrected chi connectivity index (χ2v) is 5.98. The van der Waals surface area contributed by atoms with E-state index in [2.05, 4.69) is 20.3 Å². The van der Waals surface area contributed by atoms with Crippen LogP contribution in [0, 0.1) is 0 Å². The highest BCUT2D eigenvalue weighted by atomic mass is 16.2. The summed E-state index contributed by atoms with van der Waals surface area (Å²) < 4.78 is 0. The van der Waals surface area contributed by atoms with Crippen molar-refractivity contribution in [2.75, 3.05) is 5.32 Å². The van der Waals surface area contributed by atoms with Crippen molar-refractivity contribution in [1.82, 2.24) is 15.0 Å². The molecular formula is C19H16N4O2. The number of nitrogens with zero attached hydrogens (tertiary/aromatic N) is 2. The van der Waals surface area contributed by atoms with E-state index in [0.717, 1.165) is 36.1 Å². The molecule has 0 fully saturated rings. The van der Waals surface area contributed by atoms with E-state index in [1.165, 1.54) is 12.4 Å². The van der Waals surface area contributed by atoms with Gasteiger partial charge in [-0.15, -0.1) is 0 Å². The second kappa shape index (κ2) is 6.32. The Morgan fingerprint density at radius 2 is 1.84 bits per heavy atom. The monoisotopic (exact) mass is 332 g/mol. The Morgan fingerprint density at radius 1 is 1.08 bits per heavy atom. The zero-order valence-electron chi connectivity index (χ0n) is 13.5. The molecule has 3 aromatic rings. The summed E-state index contributed by atoms with van der Waals surface area (Å²) in [4.78, 5) is 35.8. The van der Waals surface area contributed by atoms with Gasteiger partial charge in [-0.05, 0) is 30.9 Å². The fraction of sp³-hybridized carbons (Fsp3) is 0.158. The van der Waals surface area contributed by atoms with Crippen LogP contribution in [0.4, 0.5) is 5.69 Å². The zero-order valence-corrected chi connectivity index (χ0v) is 13.5. The SMILES string of the molecule is O=C(Nc1cnc(-c2ccccc2)nc1)c1cc2c([nH]c1=O)CCC2. The summed E-state index contributed by atoms with van der Waals surface area (Å²) in [6.45, 7) is 0. The third-order valence-corrected chi connectivity index (χ3v) is 4.27. The number of aromatic nitrogens is 3.